The first-order valence-corrected chi connectivity index (χ1v) is 6.09. The predicted molar refractivity (Wildman–Crippen MR) is 71.7 cm³/mol. The second-order valence-electron chi connectivity index (χ2n) is 3.72. The second kappa shape index (κ2) is 9.65. The fourth-order valence-electron chi connectivity index (χ4n) is 1.47. The quantitative estimate of drug-likeness (QED) is 0.487. The van der Waals surface area contributed by atoms with E-state index in [-0.39, 0.29) is 6.61 Å². The first kappa shape index (κ1) is 14.7. The molecule has 0 radical (unpaired) electrons. The van der Waals surface area contributed by atoms with Gasteiger partial charge in [-0.25, -0.2) is 0 Å². The molecule has 0 amide bonds. The van der Waals surface area contributed by atoms with Crippen LogP contribution in [0.5, 0.6) is 5.75 Å². The van der Waals surface area contributed by atoms with E-state index in [1.165, 1.54) is 0 Å². The topological polar surface area (TPSA) is 50.7 Å². The van der Waals surface area contributed by atoms with Crippen LogP contribution >= 0.6 is 0 Å². The minimum atomic E-state index is 0.0677. The largest absolute Gasteiger partial charge is 0.489 e. The van der Waals surface area contributed by atoms with Crippen molar-refractivity contribution in [3.05, 3.63) is 42.5 Å². The van der Waals surface area contributed by atoms with Crippen molar-refractivity contribution in [2.75, 3.05) is 33.0 Å². The second-order valence-corrected chi connectivity index (χ2v) is 3.72. The van der Waals surface area contributed by atoms with Gasteiger partial charge in [0, 0.05) is 18.7 Å². The van der Waals surface area contributed by atoms with Crippen LogP contribution in [0, 0.1) is 0 Å². The molecule has 18 heavy (non-hydrogen) atoms. The SMILES string of the molecule is C=CCOc1ccccc1CNCCOCCO. The summed E-state index contributed by atoms with van der Waals surface area (Å²) < 4.78 is 10.7. The smallest absolute Gasteiger partial charge is 0.124 e. The van der Waals surface area contributed by atoms with Gasteiger partial charge in [0.05, 0.1) is 19.8 Å². The van der Waals surface area contributed by atoms with E-state index in [1.54, 1.807) is 6.08 Å². The molecule has 0 bridgehead atoms. The first-order valence-electron chi connectivity index (χ1n) is 6.09. The summed E-state index contributed by atoms with van der Waals surface area (Å²) in [7, 11) is 0. The Labute approximate surface area is 108 Å². The molecule has 1 aromatic carbocycles. The number of nitrogens with one attached hydrogen (secondary N) is 1. The lowest BCUT2D eigenvalue weighted by Gasteiger charge is -2.11. The van der Waals surface area contributed by atoms with Crippen molar-refractivity contribution in [1.29, 1.82) is 0 Å². The number of aliphatic hydroxyl groups is 1. The zero-order valence-corrected chi connectivity index (χ0v) is 10.6. The summed E-state index contributed by atoms with van der Waals surface area (Å²) >= 11 is 0. The monoisotopic (exact) mass is 251 g/mol. The number of hydrogen-bond acceptors (Lipinski definition) is 4. The molecule has 0 aliphatic carbocycles. The number of ether oxygens (including phenoxy) is 2. The van der Waals surface area contributed by atoms with E-state index < -0.39 is 0 Å². The van der Waals surface area contributed by atoms with Crippen LogP contribution in [0.4, 0.5) is 0 Å². The first-order chi connectivity index (χ1) is 8.88. The highest BCUT2D eigenvalue weighted by atomic mass is 16.5. The third kappa shape index (κ3) is 5.82. The molecule has 0 aromatic heterocycles. The molecule has 0 saturated carbocycles. The van der Waals surface area contributed by atoms with Gasteiger partial charge >= 0.3 is 0 Å². The van der Waals surface area contributed by atoms with Crippen LogP contribution in [0.3, 0.4) is 0 Å². The molecule has 0 unspecified atom stereocenters. The van der Waals surface area contributed by atoms with Crippen LogP contribution in [-0.2, 0) is 11.3 Å². The summed E-state index contributed by atoms with van der Waals surface area (Å²) in [5, 5.41) is 11.8. The zero-order chi connectivity index (χ0) is 13.1. The van der Waals surface area contributed by atoms with Gasteiger partial charge in [0.25, 0.3) is 0 Å². The molecule has 4 nitrogen and oxygen atoms in total. The molecule has 0 heterocycles. The lowest BCUT2D eigenvalue weighted by atomic mass is 10.2. The van der Waals surface area contributed by atoms with Crippen LogP contribution < -0.4 is 10.1 Å². The van der Waals surface area contributed by atoms with E-state index in [2.05, 4.69) is 11.9 Å². The number of rotatable bonds is 10. The Morgan fingerprint density at radius 2 is 2.11 bits per heavy atom. The van der Waals surface area contributed by atoms with E-state index in [0.29, 0.717) is 19.8 Å². The van der Waals surface area contributed by atoms with Gasteiger partial charge in [-0.3, -0.25) is 0 Å². The molecule has 0 aliphatic rings. The maximum atomic E-state index is 8.55. The van der Waals surface area contributed by atoms with Crippen molar-refractivity contribution in [1.82, 2.24) is 5.32 Å². The highest BCUT2D eigenvalue weighted by molar-refractivity contribution is 5.33. The fraction of sp³-hybridized carbons (Fsp3) is 0.429. The minimum absolute atomic E-state index is 0.0677. The predicted octanol–water partition coefficient (Wildman–Crippen LogP) is 1.35. The molecule has 0 fully saturated rings. The summed E-state index contributed by atoms with van der Waals surface area (Å²) in [6.07, 6.45) is 1.73. The molecule has 2 N–H and O–H groups in total. The Bertz CT molecular complexity index is 342. The fourth-order valence-corrected chi connectivity index (χ4v) is 1.47. The number of hydrogen-bond donors (Lipinski definition) is 2. The third-order valence-corrected chi connectivity index (χ3v) is 2.30. The Morgan fingerprint density at radius 3 is 2.89 bits per heavy atom. The van der Waals surface area contributed by atoms with Crippen molar-refractivity contribution in [3.63, 3.8) is 0 Å². The molecule has 1 rings (SSSR count). The molecular weight excluding hydrogens is 230 g/mol. The summed E-state index contributed by atoms with van der Waals surface area (Å²) in [5.41, 5.74) is 1.11. The van der Waals surface area contributed by atoms with Gasteiger partial charge < -0.3 is 19.9 Å². The molecule has 0 atom stereocenters. The third-order valence-electron chi connectivity index (χ3n) is 2.30. The Morgan fingerprint density at radius 1 is 1.28 bits per heavy atom. The van der Waals surface area contributed by atoms with Crippen molar-refractivity contribution in [3.8, 4) is 5.75 Å². The average Bonchev–Trinajstić information content (AvgIpc) is 2.41. The molecule has 0 spiro atoms. The van der Waals surface area contributed by atoms with Crippen LogP contribution in [0.25, 0.3) is 0 Å². The Hall–Kier alpha value is -1.36. The molecular formula is C14H21NO3. The van der Waals surface area contributed by atoms with Crippen molar-refractivity contribution in [2.24, 2.45) is 0 Å². The lowest BCUT2D eigenvalue weighted by molar-refractivity contribution is 0.0937. The van der Waals surface area contributed by atoms with Gasteiger partial charge in [-0.05, 0) is 6.07 Å². The Kier molecular flexibility index (Phi) is 7.88. The standard InChI is InChI=1S/C14H21NO3/c1-2-9-18-14-6-4-3-5-13(14)12-15-7-10-17-11-8-16/h2-6,15-16H,1,7-12H2. The van der Waals surface area contributed by atoms with Crippen molar-refractivity contribution in [2.45, 2.75) is 6.54 Å². The maximum absolute atomic E-state index is 8.55. The highest BCUT2D eigenvalue weighted by Gasteiger charge is 2.01. The summed E-state index contributed by atoms with van der Waals surface area (Å²) in [4.78, 5) is 0. The normalized spacial score (nSPS) is 10.3. The average molecular weight is 251 g/mol. The maximum Gasteiger partial charge on any atom is 0.124 e. The highest BCUT2D eigenvalue weighted by Crippen LogP contribution is 2.17. The van der Waals surface area contributed by atoms with Crippen LogP contribution in [0.1, 0.15) is 5.56 Å². The van der Waals surface area contributed by atoms with Crippen molar-refractivity contribution < 1.29 is 14.6 Å². The number of para-hydroxylation sites is 1. The van der Waals surface area contributed by atoms with Gasteiger partial charge in [0.1, 0.15) is 12.4 Å². The summed E-state index contributed by atoms with van der Waals surface area (Å²) in [6, 6.07) is 7.91. The Balaban J connectivity index is 2.29. The van der Waals surface area contributed by atoms with Crippen LogP contribution in [0.2, 0.25) is 0 Å². The molecule has 4 heteroatoms. The molecule has 0 aliphatic heterocycles. The van der Waals surface area contributed by atoms with E-state index in [1.807, 2.05) is 24.3 Å². The summed E-state index contributed by atoms with van der Waals surface area (Å²) in [5.74, 6) is 0.876. The van der Waals surface area contributed by atoms with E-state index in [9.17, 15) is 0 Å². The van der Waals surface area contributed by atoms with Crippen molar-refractivity contribution >= 4 is 0 Å². The van der Waals surface area contributed by atoms with E-state index in [0.717, 1.165) is 24.4 Å². The molecule has 100 valence electrons. The van der Waals surface area contributed by atoms with Gasteiger partial charge in [-0.1, -0.05) is 30.9 Å². The van der Waals surface area contributed by atoms with Crippen LogP contribution in [0.15, 0.2) is 36.9 Å². The number of aliphatic hydroxyl groups excluding tert-OH is 1. The van der Waals surface area contributed by atoms with E-state index in [4.69, 9.17) is 14.6 Å². The number of benzene rings is 1. The van der Waals surface area contributed by atoms with Crippen LogP contribution in [-0.4, -0.2) is 38.1 Å². The summed E-state index contributed by atoms with van der Waals surface area (Å²) in [6.45, 7) is 6.67. The van der Waals surface area contributed by atoms with E-state index >= 15 is 0 Å². The van der Waals surface area contributed by atoms with Gasteiger partial charge in [0.2, 0.25) is 0 Å². The lowest BCUT2D eigenvalue weighted by Crippen LogP contribution is -2.20. The van der Waals surface area contributed by atoms with Gasteiger partial charge in [-0.15, -0.1) is 0 Å². The molecule has 0 saturated heterocycles. The zero-order valence-electron chi connectivity index (χ0n) is 10.6. The van der Waals surface area contributed by atoms with Gasteiger partial charge in [-0.2, -0.15) is 0 Å². The minimum Gasteiger partial charge on any atom is -0.489 e. The molecule has 1 aromatic rings. The van der Waals surface area contributed by atoms with Gasteiger partial charge in [0.15, 0.2) is 0 Å².